The Bertz CT molecular complexity index is 992. The summed E-state index contributed by atoms with van der Waals surface area (Å²) in [4.78, 5) is 36.0. The number of fused-ring (bicyclic) bond motifs is 1. The molecule has 1 amide bonds. The Kier molecular flexibility index (Phi) is 5.15. The first-order valence-corrected chi connectivity index (χ1v) is 9.99. The van der Waals surface area contributed by atoms with Crippen LogP contribution in [0.1, 0.15) is 24.8 Å². The molecule has 1 aliphatic heterocycles. The summed E-state index contributed by atoms with van der Waals surface area (Å²) >= 11 is 1.40. The van der Waals surface area contributed by atoms with Crippen molar-refractivity contribution < 1.29 is 4.79 Å². The summed E-state index contributed by atoms with van der Waals surface area (Å²) in [5, 5.41) is 4.78. The molecule has 1 N–H and O–H groups in total. The Morgan fingerprint density at radius 1 is 1.19 bits per heavy atom. The van der Waals surface area contributed by atoms with E-state index >= 15 is 0 Å². The Balaban J connectivity index is 1.50. The van der Waals surface area contributed by atoms with E-state index in [0.717, 1.165) is 37.0 Å². The molecule has 0 saturated carbocycles. The van der Waals surface area contributed by atoms with Gasteiger partial charge in [0, 0.05) is 45.0 Å². The number of nitrogens with zero attached hydrogens (tertiary/aromatic N) is 4. The third-order valence-electron chi connectivity index (χ3n) is 4.74. The molecule has 1 fully saturated rings. The van der Waals surface area contributed by atoms with Crippen molar-refractivity contribution in [3.05, 3.63) is 51.9 Å². The van der Waals surface area contributed by atoms with Crippen molar-refractivity contribution in [1.82, 2.24) is 19.9 Å². The molecular weight excluding hydrogens is 362 g/mol. The average Bonchev–Trinajstić information content (AvgIpc) is 3.38. The second-order valence-corrected chi connectivity index (χ2v) is 7.50. The number of carbonyl (C=O) groups is 1. The maximum atomic E-state index is 12.9. The van der Waals surface area contributed by atoms with Gasteiger partial charge in [-0.05, 0) is 42.0 Å². The summed E-state index contributed by atoms with van der Waals surface area (Å²) in [7, 11) is 0. The lowest BCUT2D eigenvalue weighted by molar-refractivity contribution is -0.121. The first kappa shape index (κ1) is 17.7. The van der Waals surface area contributed by atoms with Crippen molar-refractivity contribution in [2.75, 3.05) is 18.0 Å². The van der Waals surface area contributed by atoms with Crippen LogP contribution in [0.3, 0.4) is 0 Å². The number of pyridine rings is 1. The van der Waals surface area contributed by atoms with Crippen LogP contribution in [0.25, 0.3) is 10.2 Å². The number of hydrogen-bond acceptors (Lipinski definition) is 6. The third-order valence-corrected chi connectivity index (χ3v) is 5.63. The second-order valence-electron chi connectivity index (χ2n) is 6.58. The molecule has 1 aliphatic rings. The molecule has 0 spiro atoms. The molecule has 3 aromatic rings. The van der Waals surface area contributed by atoms with Gasteiger partial charge in [-0.3, -0.25) is 19.1 Å². The summed E-state index contributed by atoms with van der Waals surface area (Å²) in [5.41, 5.74) is 1.68. The maximum absolute atomic E-state index is 12.9. The number of rotatable bonds is 6. The van der Waals surface area contributed by atoms with Crippen LogP contribution in [0, 0.1) is 0 Å². The SMILES string of the molecule is O=C(CCn1c(N2CCCC2)nc2ccsc2c1=O)NCc1ccncc1. The van der Waals surface area contributed by atoms with Gasteiger partial charge in [-0.25, -0.2) is 4.98 Å². The number of hydrogen-bond donors (Lipinski definition) is 1. The Hall–Kier alpha value is -2.74. The number of aromatic nitrogens is 3. The fourth-order valence-corrected chi connectivity index (χ4v) is 4.07. The molecule has 0 aliphatic carbocycles. The lowest BCUT2D eigenvalue weighted by atomic mass is 10.2. The van der Waals surface area contributed by atoms with Crippen molar-refractivity contribution in [1.29, 1.82) is 0 Å². The van der Waals surface area contributed by atoms with Gasteiger partial charge in [-0.2, -0.15) is 0 Å². The number of nitrogens with one attached hydrogen (secondary N) is 1. The van der Waals surface area contributed by atoms with Gasteiger partial charge in [-0.1, -0.05) is 0 Å². The molecule has 0 unspecified atom stereocenters. The van der Waals surface area contributed by atoms with Gasteiger partial charge < -0.3 is 10.2 Å². The minimum atomic E-state index is -0.0858. The fraction of sp³-hybridized carbons (Fsp3) is 0.368. The van der Waals surface area contributed by atoms with Crippen LogP contribution >= 0.6 is 11.3 Å². The highest BCUT2D eigenvalue weighted by Crippen LogP contribution is 2.22. The molecule has 7 nitrogen and oxygen atoms in total. The van der Waals surface area contributed by atoms with E-state index in [4.69, 9.17) is 4.98 Å². The predicted molar refractivity (Wildman–Crippen MR) is 106 cm³/mol. The minimum absolute atomic E-state index is 0.0566. The topological polar surface area (TPSA) is 80.1 Å². The van der Waals surface area contributed by atoms with Crippen LogP contribution < -0.4 is 15.8 Å². The van der Waals surface area contributed by atoms with Crippen molar-refractivity contribution in [2.45, 2.75) is 32.4 Å². The summed E-state index contributed by atoms with van der Waals surface area (Å²) in [6, 6.07) is 5.61. The van der Waals surface area contributed by atoms with Gasteiger partial charge in [0.05, 0.1) is 5.52 Å². The molecule has 0 bridgehead atoms. The van der Waals surface area contributed by atoms with Gasteiger partial charge >= 0.3 is 0 Å². The highest BCUT2D eigenvalue weighted by atomic mass is 32.1. The molecule has 8 heteroatoms. The first-order chi connectivity index (χ1) is 13.2. The molecule has 0 aromatic carbocycles. The lowest BCUT2D eigenvalue weighted by Crippen LogP contribution is -2.32. The van der Waals surface area contributed by atoms with Crippen molar-refractivity contribution in [2.24, 2.45) is 0 Å². The van der Waals surface area contributed by atoms with Crippen LogP contribution in [0.5, 0.6) is 0 Å². The monoisotopic (exact) mass is 383 g/mol. The lowest BCUT2D eigenvalue weighted by Gasteiger charge is -2.21. The van der Waals surface area contributed by atoms with E-state index in [1.807, 2.05) is 23.6 Å². The van der Waals surface area contributed by atoms with Gasteiger partial charge in [0.1, 0.15) is 4.70 Å². The highest BCUT2D eigenvalue weighted by Gasteiger charge is 2.21. The van der Waals surface area contributed by atoms with Gasteiger partial charge in [0.15, 0.2) is 0 Å². The average molecular weight is 383 g/mol. The first-order valence-electron chi connectivity index (χ1n) is 9.11. The summed E-state index contributed by atoms with van der Waals surface area (Å²) < 4.78 is 2.31. The molecule has 1 saturated heterocycles. The van der Waals surface area contributed by atoms with Crippen LogP contribution in [0.4, 0.5) is 5.95 Å². The Morgan fingerprint density at radius 2 is 1.96 bits per heavy atom. The van der Waals surface area contributed by atoms with Gasteiger partial charge in [0.25, 0.3) is 5.56 Å². The number of thiophene rings is 1. The molecular formula is C19H21N5O2S. The summed E-state index contributed by atoms with van der Waals surface area (Å²) in [6.07, 6.45) is 5.84. The van der Waals surface area contributed by atoms with Crippen LogP contribution in [-0.4, -0.2) is 33.5 Å². The van der Waals surface area contributed by atoms with Crippen LogP contribution in [0.2, 0.25) is 0 Å². The summed E-state index contributed by atoms with van der Waals surface area (Å²) in [6.45, 7) is 2.58. The summed E-state index contributed by atoms with van der Waals surface area (Å²) in [5.74, 6) is 0.600. The van der Waals surface area contributed by atoms with E-state index in [9.17, 15) is 9.59 Å². The maximum Gasteiger partial charge on any atom is 0.272 e. The van der Waals surface area contributed by atoms with E-state index in [1.165, 1.54) is 11.3 Å². The Labute approximate surface area is 160 Å². The van der Waals surface area contributed by atoms with E-state index in [0.29, 0.717) is 23.7 Å². The highest BCUT2D eigenvalue weighted by molar-refractivity contribution is 7.17. The molecule has 0 atom stereocenters. The second kappa shape index (κ2) is 7.87. The Morgan fingerprint density at radius 3 is 2.74 bits per heavy atom. The molecule has 4 heterocycles. The third kappa shape index (κ3) is 3.85. The zero-order chi connectivity index (χ0) is 18.6. The predicted octanol–water partition coefficient (Wildman–Crippen LogP) is 2.16. The van der Waals surface area contributed by atoms with Crippen LogP contribution in [-0.2, 0) is 17.9 Å². The quantitative estimate of drug-likeness (QED) is 0.706. The zero-order valence-electron chi connectivity index (χ0n) is 14.9. The van der Waals surface area contributed by atoms with Crippen molar-refractivity contribution in [3.63, 3.8) is 0 Å². The van der Waals surface area contributed by atoms with Crippen molar-refractivity contribution >= 4 is 33.4 Å². The molecule has 27 heavy (non-hydrogen) atoms. The minimum Gasteiger partial charge on any atom is -0.352 e. The molecule has 3 aromatic heterocycles. The molecule has 0 radical (unpaired) electrons. The molecule has 4 rings (SSSR count). The van der Waals surface area contributed by atoms with Crippen molar-refractivity contribution in [3.8, 4) is 0 Å². The largest absolute Gasteiger partial charge is 0.352 e. The number of anilines is 1. The van der Waals surface area contributed by atoms with Gasteiger partial charge in [-0.15, -0.1) is 11.3 Å². The van der Waals surface area contributed by atoms with E-state index in [-0.39, 0.29) is 17.9 Å². The molecule has 140 valence electrons. The van der Waals surface area contributed by atoms with E-state index in [1.54, 1.807) is 17.0 Å². The normalized spacial score (nSPS) is 14.0. The van der Waals surface area contributed by atoms with E-state index < -0.39 is 0 Å². The standard InChI is InChI=1S/C19H21N5O2S/c25-16(21-13-14-3-7-20-8-4-14)5-11-24-18(26)17-15(6-12-27-17)22-19(24)23-9-1-2-10-23/h3-4,6-8,12H,1-2,5,9-11,13H2,(H,21,25). The van der Waals surface area contributed by atoms with E-state index in [2.05, 4.69) is 15.2 Å². The zero-order valence-corrected chi connectivity index (χ0v) is 15.7. The van der Waals surface area contributed by atoms with Crippen LogP contribution in [0.15, 0.2) is 40.8 Å². The smallest absolute Gasteiger partial charge is 0.272 e. The fourth-order valence-electron chi connectivity index (χ4n) is 3.30. The number of amides is 1. The number of carbonyl (C=O) groups excluding carboxylic acids is 1. The van der Waals surface area contributed by atoms with Gasteiger partial charge in [0.2, 0.25) is 11.9 Å².